The van der Waals surface area contributed by atoms with Gasteiger partial charge in [0.15, 0.2) is 11.0 Å². The predicted molar refractivity (Wildman–Crippen MR) is 144 cm³/mol. The Kier molecular flexibility index (Phi) is 8.03. The molecule has 1 fully saturated rings. The number of Topliss-reactive ketones (excluding diaryl/α,β-unsaturated/α-hetero) is 1. The Morgan fingerprint density at radius 3 is 2.47 bits per heavy atom. The van der Waals surface area contributed by atoms with Crippen LogP contribution in [0.15, 0.2) is 82.0 Å². The molecule has 0 unspecified atom stereocenters. The van der Waals surface area contributed by atoms with E-state index in [-0.39, 0.29) is 23.0 Å². The van der Waals surface area contributed by atoms with Gasteiger partial charge in [-0.3, -0.25) is 14.5 Å². The van der Waals surface area contributed by atoms with Crippen molar-refractivity contribution < 1.29 is 27.5 Å². The molecule has 2 aliphatic rings. The first-order valence-electron chi connectivity index (χ1n) is 12.5. The minimum Gasteiger partial charge on any atom is -0.465 e. The molecule has 3 aromatic rings. The number of aliphatic imine (C=N–C) groups is 1. The lowest BCUT2D eigenvalue weighted by Crippen LogP contribution is -2.30. The fourth-order valence-electron chi connectivity index (χ4n) is 4.70. The van der Waals surface area contributed by atoms with Gasteiger partial charge in [0.2, 0.25) is 0 Å². The number of benzene rings is 2. The number of amidine groups is 1. The zero-order valence-electron chi connectivity index (χ0n) is 20.5. The number of hydrogen-bond acceptors (Lipinski definition) is 6. The first kappa shape index (κ1) is 25.9. The van der Waals surface area contributed by atoms with Crippen molar-refractivity contribution in [3.05, 3.63) is 89.5 Å². The van der Waals surface area contributed by atoms with Crippen molar-refractivity contribution in [1.82, 2.24) is 0 Å². The Balaban J connectivity index is 1.32. The van der Waals surface area contributed by atoms with Crippen molar-refractivity contribution in [2.45, 2.75) is 44.6 Å². The quantitative estimate of drug-likeness (QED) is 0.223. The highest BCUT2D eigenvalue weighted by molar-refractivity contribution is 8.14. The van der Waals surface area contributed by atoms with Crippen LogP contribution in [0.1, 0.15) is 59.7 Å². The molecule has 0 spiro atoms. The number of halogens is 2. The number of anilines is 1. The predicted octanol–water partition coefficient (Wildman–Crippen LogP) is 7.29. The van der Waals surface area contributed by atoms with E-state index >= 15 is 0 Å². The number of carbonyl (C=O) groups is 2. The molecule has 1 saturated carbocycles. The van der Waals surface area contributed by atoms with E-state index in [2.05, 4.69) is 9.73 Å². The van der Waals surface area contributed by atoms with Gasteiger partial charge < -0.3 is 9.15 Å². The van der Waals surface area contributed by atoms with Crippen molar-refractivity contribution in [3.63, 3.8) is 0 Å². The third kappa shape index (κ3) is 6.05. The van der Waals surface area contributed by atoms with Crippen LogP contribution in [0.2, 0.25) is 0 Å². The molecule has 2 heterocycles. The van der Waals surface area contributed by atoms with Crippen LogP contribution in [-0.2, 0) is 4.79 Å². The molecule has 38 heavy (non-hydrogen) atoms. The second-order valence-corrected chi connectivity index (χ2v) is 10.1. The average Bonchev–Trinajstić information content (AvgIpc) is 3.56. The van der Waals surface area contributed by atoms with Crippen LogP contribution < -0.4 is 9.64 Å². The highest BCUT2D eigenvalue weighted by Crippen LogP contribution is 2.33. The van der Waals surface area contributed by atoms with Gasteiger partial charge in [-0.2, -0.15) is 8.78 Å². The molecular formula is C29H26F2N2O4S. The zero-order chi connectivity index (χ0) is 26.5. The minimum atomic E-state index is -2.95. The van der Waals surface area contributed by atoms with Gasteiger partial charge in [-0.05, 0) is 60.7 Å². The summed E-state index contributed by atoms with van der Waals surface area (Å²) in [5, 5.41) is 0.308. The van der Waals surface area contributed by atoms with Crippen molar-refractivity contribution >= 4 is 40.4 Å². The smallest absolute Gasteiger partial charge is 0.387 e. The zero-order valence-corrected chi connectivity index (χ0v) is 21.3. The maximum Gasteiger partial charge on any atom is 0.387 e. The Labute approximate surface area is 223 Å². The molecule has 2 aromatic carbocycles. The second-order valence-electron chi connectivity index (χ2n) is 9.12. The summed E-state index contributed by atoms with van der Waals surface area (Å²) in [5.74, 6) is 0.566. The average molecular weight is 537 g/mol. The van der Waals surface area contributed by atoms with Gasteiger partial charge in [-0.25, -0.2) is 4.99 Å². The van der Waals surface area contributed by atoms with Gasteiger partial charge in [0, 0.05) is 11.6 Å². The van der Waals surface area contributed by atoms with Crippen LogP contribution in [0.4, 0.5) is 14.5 Å². The van der Waals surface area contributed by atoms with E-state index in [1.165, 1.54) is 79.2 Å². The van der Waals surface area contributed by atoms with Gasteiger partial charge in [0.1, 0.15) is 17.2 Å². The fraction of sp³-hybridized carbons (Fsp3) is 0.276. The van der Waals surface area contributed by atoms with Crippen LogP contribution in [0.5, 0.6) is 5.75 Å². The summed E-state index contributed by atoms with van der Waals surface area (Å²) in [4.78, 5) is 32.1. The number of furan rings is 1. The maximum absolute atomic E-state index is 13.3. The summed E-state index contributed by atoms with van der Waals surface area (Å²) in [6.45, 7) is -2.95. The van der Waals surface area contributed by atoms with Crippen molar-refractivity contribution in [2.24, 2.45) is 4.99 Å². The molecule has 1 aliphatic heterocycles. The lowest BCUT2D eigenvalue weighted by molar-refractivity contribution is -0.113. The number of amides is 1. The van der Waals surface area contributed by atoms with E-state index < -0.39 is 12.5 Å². The largest absolute Gasteiger partial charge is 0.465 e. The molecule has 0 atom stereocenters. The molecule has 0 radical (unpaired) electrons. The highest BCUT2D eigenvalue weighted by Gasteiger charge is 2.33. The number of nitrogens with zero attached hydrogens (tertiary/aromatic N) is 2. The van der Waals surface area contributed by atoms with Gasteiger partial charge in [-0.1, -0.05) is 55.3 Å². The third-order valence-electron chi connectivity index (χ3n) is 6.61. The van der Waals surface area contributed by atoms with Gasteiger partial charge >= 0.3 is 6.61 Å². The number of hydrogen-bond donors (Lipinski definition) is 0. The van der Waals surface area contributed by atoms with Crippen molar-refractivity contribution in [1.29, 1.82) is 0 Å². The van der Waals surface area contributed by atoms with Crippen molar-refractivity contribution in [3.8, 4) is 5.75 Å². The molecule has 196 valence electrons. The van der Waals surface area contributed by atoms with Gasteiger partial charge in [-0.15, -0.1) is 0 Å². The summed E-state index contributed by atoms with van der Waals surface area (Å²) in [6.07, 6.45) is 9.17. The van der Waals surface area contributed by atoms with E-state index in [1.54, 1.807) is 12.1 Å². The SMILES string of the molecule is O=C(CSC1=N/C(=C\c2ccco2)C(=O)N1c1ccc(OC(F)F)cc1)c1ccc(C2CCCCC2)cc1. The Morgan fingerprint density at radius 1 is 1.08 bits per heavy atom. The Bertz CT molecular complexity index is 1330. The van der Waals surface area contributed by atoms with E-state index in [0.717, 1.165) is 11.8 Å². The Morgan fingerprint density at radius 2 is 1.82 bits per heavy atom. The summed E-state index contributed by atoms with van der Waals surface area (Å²) in [5.41, 5.74) is 2.43. The summed E-state index contributed by atoms with van der Waals surface area (Å²) < 4.78 is 34.8. The standard InChI is InChI=1S/C29H26F2N2O4S/c30-28(31)37-23-14-12-22(13-15-23)33-27(35)25(17-24-7-4-16-36-24)32-29(33)38-18-26(34)21-10-8-20(9-11-21)19-5-2-1-3-6-19/h4,7-17,19,28H,1-3,5-6,18H2/b25-17-. The number of rotatable bonds is 8. The molecule has 1 amide bonds. The van der Waals surface area contributed by atoms with Crippen LogP contribution in [0.25, 0.3) is 6.08 Å². The number of ether oxygens (including phenoxy) is 1. The number of ketones is 1. The van der Waals surface area contributed by atoms with Crippen LogP contribution in [-0.4, -0.2) is 29.2 Å². The topological polar surface area (TPSA) is 72.1 Å². The van der Waals surface area contributed by atoms with Crippen LogP contribution >= 0.6 is 11.8 Å². The van der Waals surface area contributed by atoms with Gasteiger partial charge in [0.25, 0.3) is 5.91 Å². The molecule has 1 aromatic heterocycles. The highest BCUT2D eigenvalue weighted by atomic mass is 32.2. The summed E-state index contributed by atoms with van der Waals surface area (Å²) >= 11 is 1.14. The second kappa shape index (κ2) is 11.8. The van der Waals surface area contributed by atoms with E-state index in [0.29, 0.717) is 28.1 Å². The van der Waals surface area contributed by atoms with Gasteiger partial charge in [0.05, 0.1) is 17.7 Å². The van der Waals surface area contributed by atoms with E-state index in [4.69, 9.17) is 4.42 Å². The molecule has 0 N–H and O–H groups in total. The van der Waals surface area contributed by atoms with Crippen LogP contribution in [0.3, 0.4) is 0 Å². The molecular weight excluding hydrogens is 510 g/mol. The first-order valence-corrected chi connectivity index (χ1v) is 13.5. The minimum absolute atomic E-state index is 0.0280. The number of alkyl halides is 2. The molecule has 1 aliphatic carbocycles. The molecule has 0 bridgehead atoms. The summed E-state index contributed by atoms with van der Waals surface area (Å²) in [7, 11) is 0. The molecule has 6 nitrogen and oxygen atoms in total. The fourth-order valence-corrected chi connectivity index (χ4v) is 5.60. The first-order chi connectivity index (χ1) is 18.5. The molecule has 5 rings (SSSR count). The van der Waals surface area contributed by atoms with Crippen molar-refractivity contribution in [2.75, 3.05) is 10.7 Å². The van der Waals surface area contributed by atoms with E-state index in [9.17, 15) is 18.4 Å². The maximum atomic E-state index is 13.3. The molecule has 0 saturated heterocycles. The monoisotopic (exact) mass is 536 g/mol. The number of carbonyl (C=O) groups excluding carboxylic acids is 2. The third-order valence-corrected chi connectivity index (χ3v) is 7.55. The lowest BCUT2D eigenvalue weighted by Gasteiger charge is -2.22. The van der Waals surface area contributed by atoms with E-state index in [1.807, 2.05) is 24.3 Å². The normalized spacial score (nSPS) is 17.3. The lowest BCUT2D eigenvalue weighted by atomic mass is 9.84. The number of thioether (sulfide) groups is 1. The van der Waals surface area contributed by atoms with Crippen LogP contribution in [0, 0.1) is 0 Å². The molecule has 9 heteroatoms. The summed E-state index contributed by atoms with van der Waals surface area (Å²) in [6, 6.07) is 16.9. The Hall–Kier alpha value is -3.72.